The van der Waals surface area contributed by atoms with Crippen LogP contribution in [0.15, 0.2) is 24.3 Å². The van der Waals surface area contributed by atoms with Crippen molar-refractivity contribution in [3.05, 3.63) is 35.4 Å². The summed E-state index contributed by atoms with van der Waals surface area (Å²) in [5, 5.41) is 2.71. The molecule has 0 aromatic heterocycles. The van der Waals surface area contributed by atoms with Gasteiger partial charge in [0, 0.05) is 19.6 Å². The highest BCUT2D eigenvalue weighted by Crippen LogP contribution is 2.58. The summed E-state index contributed by atoms with van der Waals surface area (Å²) in [7, 11) is 0. The molecule has 2 amide bonds. The lowest BCUT2D eigenvalue weighted by atomic mass is 9.98. The number of ether oxygens (including phenoxy) is 1. The molecule has 5 nitrogen and oxygen atoms in total. The highest BCUT2D eigenvalue weighted by Gasteiger charge is 2.57. The second-order valence-electron chi connectivity index (χ2n) is 8.65. The largest absolute Gasteiger partial charge is 0.450 e. The first-order chi connectivity index (χ1) is 13.4. The summed E-state index contributed by atoms with van der Waals surface area (Å²) >= 11 is 0. The maximum atomic E-state index is 12.9. The molecule has 1 N–H and O–H groups in total. The summed E-state index contributed by atoms with van der Waals surface area (Å²) in [6.07, 6.45) is 1.39. The average molecular weight is 387 g/mol. The van der Waals surface area contributed by atoms with Crippen LogP contribution in [-0.2, 0) is 16.0 Å². The van der Waals surface area contributed by atoms with E-state index in [9.17, 15) is 9.59 Å². The van der Waals surface area contributed by atoms with E-state index in [2.05, 4.69) is 43.4 Å². The zero-order valence-electron chi connectivity index (χ0n) is 17.6. The van der Waals surface area contributed by atoms with Crippen molar-refractivity contribution in [1.82, 2.24) is 10.2 Å². The molecule has 1 saturated heterocycles. The van der Waals surface area contributed by atoms with E-state index in [1.54, 1.807) is 6.92 Å². The highest BCUT2D eigenvalue weighted by molar-refractivity contribution is 5.80. The van der Waals surface area contributed by atoms with Crippen molar-refractivity contribution < 1.29 is 14.3 Å². The number of nitrogens with zero attached hydrogens (tertiary/aromatic N) is 1. The lowest BCUT2D eigenvalue weighted by Crippen LogP contribution is -2.41. The number of amides is 2. The number of hydrogen-bond donors (Lipinski definition) is 1. The van der Waals surface area contributed by atoms with E-state index in [1.165, 1.54) is 11.1 Å². The predicted octanol–water partition coefficient (Wildman–Crippen LogP) is 3.83. The molecule has 0 spiro atoms. The number of fused-ring (bicyclic) bond motifs is 1. The van der Waals surface area contributed by atoms with Crippen LogP contribution >= 0.6 is 0 Å². The van der Waals surface area contributed by atoms with E-state index in [-0.39, 0.29) is 11.8 Å². The van der Waals surface area contributed by atoms with Crippen LogP contribution in [0.4, 0.5) is 4.79 Å². The molecule has 1 aromatic carbocycles. The molecule has 0 bridgehead atoms. The van der Waals surface area contributed by atoms with E-state index >= 15 is 0 Å². The summed E-state index contributed by atoms with van der Waals surface area (Å²) in [4.78, 5) is 26.4. The van der Waals surface area contributed by atoms with E-state index in [0.29, 0.717) is 36.8 Å². The Hall–Kier alpha value is -2.04. The summed E-state index contributed by atoms with van der Waals surface area (Å²) in [5.74, 6) is 2.45. The van der Waals surface area contributed by atoms with Gasteiger partial charge >= 0.3 is 6.09 Å². The minimum absolute atomic E-state index is 0.166. The zero-order chi connectivity index (χ0) is 20.3. The fourth-order valence-corrected chi connectivity index (χ4v) is 4.65. The van der Waals surface area contributed by atoms with Gasteiger partial charge in [-0.25, -0.2) is 4.79 Å². The molecule has 4 atom stereocenters. The highest BCUT2D eigenvalue weighted by atomic mass is 16.5. The van der Waals surface area contributed by atoms with Crippen LogP contribution in [0, 0.1) is 23.7 Å². The summed E-state index contributed by atoms with van der Waals surface area (Å²) in [6, 6.07) is 9.02. The minimum atomic E-state index is -0.445. The van der Waals surface area contributed by atoms with E-state index in [4.69, 9.17) is 4.74 Å². The van der Waals surface area contributed by atoms with Gasteiger partial charge in [0.05, 0.1) is 12.5 Å². The lowest BCUT2D eigenvalue weighted by molar-refractivity contribution is -0.135. The van der Waals surface area contributed by atoms with Gasteiger partial charge in [0.2, 0.25) is 5.91 Å². The van der Waals surface area contributed by atoms with Crippen molar-refractivity contribution >= 4 is 12.0 Å². The first-order valence-electron chi connectivity index (χ1n) is 10.7. The number of alkyl carbamates (subject to hydrolysis) is 1. The number of piperidine rings is 1. The predicted molar refractivity (Wildman–Crippen MR) is 110 cm³/mol. The third-order valence-corrected chi connectivity index (χ3v) is 6.10. The van der Waals surface area contributed by atoms with Gasteiger partial charge in [0.25, 0.3) is 0 Å². The number of benzene rings is 1. The third-order valence-electron chi connectivity index (χ3n) is 6.10. The second-order valence-corrected chi connectivity index (χ2v) is 8.65. The maximum Gasteiger partial charge on any atom is 0.407 e. The minimum Gasteiger partial charge on any atom is -0.450 e. The van der Waals surface area contributed by atoms with Gasteiger partial charge in [-0.05, 0) is 54.6 Å². The van der Waals surface area contributed by atoms with E-state index in [1.807, 2.05) is 11.8 Å². The Balaban J connectivity index is 1.52. The SMILES string of the molecule is CCOC(=O)NC[C@@H](CC)C(=O)N1C[C@@H]2C(c3cccc(CC(C)C)c3)[C@@H]2C1. The van der Waals surface area contributed by atoms with Crippen molar-refractivity contribution in [2.45, 2.75) is 46.5 Å². The Kier molecular flexibility index (Phi) is 6.63. The Morgan fingerprint density at radius 1 is 1.21 bits per heavy atom. The fourth-order valence-electron chi connectivity index (χ4n) is 4.65. The second kappa shape index (κ2) is 8.97. The molecule has 1 unspecified atom stereocenters. The Morgan fingerprint density at radius 3 is 2.54 bits per heavy atom. The van der Waals surface area contributed by atoms with Crippen LogP contribution in [0.3, 0.4) is 0 Å². The normalized spacial score (nSPS) is 24.0. The molecule has 2 aliphatic rings. The van der Waals surface area contributed by atoms with E-state index < -0.39 is 6.09 Å². The molecule has 2 fully saturated rings. The van der Waals surface area contributed by atoms with Crippen LogP contribution in [0.2, 0.25) is 0 Å². The molecular formula is C23H34N2O3. The molecule has 1 heterocycles. The van der Waals surface area contributed by atoms with Gasteiger partial charge in [-0.15, -0.1) is 0 Å². The van der Waals surface area contributed by atoms with E-state index in [0.717, 1.165) is 25.9 Å². The van der Waals surface area contributed by atoms with Crippen molar-refractivity contribution in [2.75, 3.05) is 26.2 Å². The van der Waals surface area contributed by atoms with Crippen LogP contribution in [0.5, 0.6) is 0 Å². The molecule has 1 aliphatic heterocycles. The number of carbonyl (C=O) groups is 2. The molecule has 5 heteroatoms. The van der Waals surface area contributed by atoms with Crippen LogP contribution in [0.25, 0.3) is 0 Å². The molecule has 28 heavy (non-hydrogen) atoms. The van der Waals surface area contributed by atoms with Gasteiger partial charge in [-0.1, -0.05) is 45.0 Å². The van der Waals surface area contributed by atoms with Crippen molar-refractivity contribution in [3.8, 4) is 0 Å². The first kappa shape index (κ1) is 20.7. The van der Waals surface area contributed by atoms with Gasteiger partial charge in [-0.3, -0.25) is 4.79 Å². The number of carbonyl (C=O) groups excluding carboxylic acids is 2. The monoisotopic (exact) mass is 386 g/mol. The molecule has 1 saturated carbocycles. The number of hydrogen-bond acceptors (Lipinski definition) is 3. The molecule has 154 valence electrons. The van der Waals surface area contributed by atoms with Crippen LogP contribution < -0.4 is 5.32 Å². The van der Waals surface area contributed by atoms with Crippen molar-refractivity contribution in [3.63, 3.8) is 0 Å². The zero-order valence-corrected chi connectivity index (χ0v) is 17.6. The molecule has 0 radical (unpaired) electrons. The van der Waals surface area contributed by atoms with Gasteiger partial charge in [-0.2, -0.15) is 0 Å². The Labute approximate surface area is 168 Å². The number of likely N-dealkylation sites (tertiary alicyclic amines) is 1. The van der Waals surface area contributed by atoms with Crippen molar-refractivity contribution in [1.29, 1.82) is 0 Å². The van der Waals surface area contributed by atoms with Gasteiger partial charge < -0.3 is 15.0 Å². The summed E-state index contributed by atoms with van der Waals surface area (Å²) < 4.78 is 4.89. The topological polar surface area (TPSA) is 58.6 Å². The Morgan fingerprint density at radius 2 is 1.93 bits per heavy atom. The third kappa shape index (κ3) is 4.68. The maximum absolute atomic E-state index is 12.9. The van der Waals surface area contributed by atoms with Gasteiger partial charge in [0.1, 0.15) is 0 Å². The summed E-state index contributed by atoms with van der Waals surface area (Å²) in [6.45, 7) is 10.7. The van der Waals surface area contributed by atoms with Crippen LogP contribution in [0.1, 0.15) is 51.2 Å². The standard InChI is InChI=1S/C23H34N2O3/c1-5-17(12-24-23(27)28-6-2)22(26)25-13-19-20(14-25)21(19)18-9-7-8-16(11-18)10-15(3)4/h7-9,11,15,17,19-21H,5-6,10,12-14H2,1-4H3,(H,24,27)/t17-,19-,20+,21?/m1/s1. The number of rotatable bonds is 8. The van der Waals surface area contributed by atoms with Gasteiger partial charge in [0.15, 0.2) is 0 Å². The Bertz CT molecular complexity index is 691. The number of nitrogens with one attached hydrogen (secondary N) is 1. The molecule has 1 aromatic rings. The smallest absolute Gasteiger partial charge is 0.407 e. The quantitative estimate of drug-likeness (QED) is 0.739. The summed E-state index contributed by atoms with van der Waals surface area (Å²) in [5.41, 5.74) is 2.86. The molecular weight excluding hydrogens is 352 g/mol. The molecule has 1 aliphatic carbocycles. The lowest BCUT2D eigenvalue weighted by Gasteiger charge is -2.25. The first-order valence-corrected chi connectivity index (χ1v) is 10.7. The molecule has 3 rings (SSSR count). The average Bonchev–Trinajstić information content (AvgIpc) is 3.15. The fraction of sp³-hybridized carbons (Fsp3) is 0.652. The van der Waals surface area contributed by atoms with Crippen LogP contribution in [-0.4, -0.2) is 43.1 Å². The van der Waals surface area contributed by atoms with Crippen molar-refractivity contribution in [2.24, 2.45) is 23.7 Å².